The Morgan fingerprint density at radius 2 is 1.68 bits per heavy atom. The third kappa shape index (κ3) is 4.80. The maximum atomic E-state index is 12.3. The Balaban J connectivity index is 1.60. The third-order valence-electron chi connectivity index (χ3n) is 4.48. The van der Waals surface area contributed by atoms with Crippen LogP contribution in [0.3, 0.4) is 0 Å². The number of oxazole rings is 1. The van der Waals surface area contributed by atoms with Gasteiger partial charge in [-0.3, -0.25) is 4.79 Å². The summed E-state index contributed by atoms with van der Waals surface area (Å²) in [7, 11) is 0. The van der Waals surface area contributed by atoms with Crippen LogP contribution in [0.4, 0.5) is 0 Å². The molecule has 0 saturated heterocycles. The predicted molar refractivity (Wildman–Crippen MR) is 110 cm³/mol. The topological polar surface area (TPSA) is 64.4 Å². The lowest BCUT2D eigenvalue weighted by Crippen LogP contribution is -2.34. The van der Waals surface area contributed by atoms with Gasteiger partial charge in [0.25, 0.3) is 5.91 Å². The summed E-state index contributed by atoms with van der Waals surface area (Å²) < 4.78 is 10.9. The van der Waals surface area contributed by atoms with E-state index in [1.807, 2.05) is 26.0 Å². The van der Waals surface area contributed by atoms with Crippen molar-refractivity contribution in [2.24, 2.45) is 0 Å². The largest absolute Gasteiger partial charge is 0.494 e. The quantitative estimate of drug-likeness (QED) is 0.646. The van der Waals surface area contributed by atoms with Crippen molar-refractivity contribution in [3.8, 4) is 16.9 Å². The molecule has 1 heterocycles. The zero-order chi connectivity index (χ0) is 20.1. The molecular weight excluding hydrogens is 352 g/mol. The molecule has 0 fully saturated rings. The van der Waals surface area contributed by atoms with Gasteiger partial charge in [-0.15, -0.1) is 0 Å². The number of carbonyl (C=O) groups is 1. The van der Waals surface area contributed by atoms with Crippen LogP contribution >= 0.6 is 0 Å². The van der Waals surface area contributed by atoms with Crippen molar-refractivity contribution in [1.29, 1.82) is 0 Å². The van der Waals surface area contributed by atoms with E-state index < -0.39 is 0 Å². The van der Waals surface area contributed by atoms with Gasteiger partial charge in [0.05, 0.1) is 12.3 Å². The Bertz CT molecular complexity index is 927. The fraction of sp³-hybridized carbons (Fsp3) is 0.304. The number of hydrogen-bond donors (Lipinski definition) is 1. The second kappa shape index (κ2) is 8.74. The first-order valence-electron chi connectivity index (χ1n) is 9.53. The minimum absolute atomic E-state index is 0.0198. The molecule has 1 aromatic heterocycles. The van der Waals surface area contributed by atoms with Crippen LogP contribution in [0.1, 0.15) is 41.6 Å². The molecule has 5 nitrogen and oxygen atoms in total. The molecule has 0 radical (unpaired) electrons. The summed E-state index contributed by atoms with van der Waals surface area (Å²) in [5.74, 6) is 1.44. The first-order chi connectivity index (χ1) is 13.5. The lowest BCUT2D eigenvalue weighted by molar-refractivity contribution is 0.0910. The van der Waals surface area contributed by atoms with Gasteiger partial charge < -0.3 is 14.5 Å². The zero-order valence-electron chi connectivity index (χ0n) is 16.8. The van der Waals surface area contributed by atoms with E-state index in [2.05, 4.69) is 46.7 Å². The van der Waals surface area contributed by atoms with Crippen molar-refractivity contribution in [3.63, 3.8) is 0 Å². The molecule has 28 heavy (non-hydrogen) atoms. The summed E-state index contributed by atoms with van der Waals surface area (Å²) in [5.41, 5.74) is 4.07. The minimum Gasteiger partial charge on any atom is -0.494 e. The molecule has 0 bridgehead atoms. The van der Waals surface area contributed by atoms with Crippen molar-refractivity contribution in [3.05, 3.63) is 71.4 Å². The summed E-state index contributed by atoms with van der Waals surface area (Å²) in [5, 5.41) is 2.98. The lowest BCUT2D eigenvalue weighted by Gasteiger charge is -2.13. The van der Waals surface area contributed by atoms with E-state index in [4.69, 9.17) is 9.15 Å². The third-order valence-corrected chi connectivity index (χ3v) is 4.48. The van der Waals surface area contributed by atoms with Crippen molar-refractivity contribution in [1.82, 2.24) is 10.3 Å². The van der Waals surface area contributed by atoms with Gasteiger partial charge in [0.1, 0.15) is 5.75 Å². The van der Waals surface area contributed by atoms with Crippen LogP contribution in [0.5, 0.6) is 5.75 Å². The van der Waals surface area contributed by atoms with Crippen LogP contribution in [0.2, 0.25) is 0 Å². The SMILES string of the molecule is CCOc1ccc(-c2ccc(CC(C)NC(=O)c3oc(C)nc3C)cc2)cc1. The fourth-order valence-corrected chi connectivity index (χ4v) is 3.18. The Kier molecular flexibility index (Phi) is 6.14. The Hall–Kier alpha value is -3.08. The van der Waals surface area contributed by atoms with E-state index in [1.165, 1.54) is 0 Å². The summed E-state index contributed by atoms with van der Waals surface area (Å²) in [6.07, 6.45) is 0.738. The molecule has 0 aliphatic rings. The molecule has 0 aliphatic heterocycles. The zero-order valence-corrected chi connectivity index (χ0v) is 16.8. The predicted octanol–water partition coefficient (Wildman–Crippen LogP) is 4.72. The van der Waals surface area contributed by atoms with Crippen LogP contribution < -0.4 is 10.1 Å². The van der Waals surface area contributed by atoms with Crippen molar-refractivity contribution < 1.29 is 13.9 Å². The van der Waals surface area contributed by atoms with Gasteiger partial charge in [-0.05, 0) is 56.0 Å². The number of carbonyl (C=O) groups excluding carboxylic acids is 1. The van der Waals surface area contributed by atoms with Gasteiger partial charge in [-0.2, -0.15) is 0 Å². The van der Waals surface area contributed by atoms with Crippen LogP contribution in [-0.2, 0) is 6.42 Å². The highest BCUT2D eigenvalue weighted by molar-refractivity contribution is 5.92. The molecule has 0 spiro atoms. The summed E-state index contributed by atoms with van der Waals surface area (Å²) >= 11 is 0. The van der Waals surface area contributed by atoms with E-state index in [0.717, 1.165) is 28.9 Å². The van der Waals surface area contributed by atoms with E-state index in [1.54, 1.807) is 13.8 Å². The number of aromatic nitrogens is 1. The molecule has 1 amide bonds. The van der Waals surface area contributed by atoms with Crippen molar-refractivity contribution in [2.45, 2.75) is 40.2 Å². The highest BCUT2D eigenvalue weighted by Gasteiger charge is 2.17. The van der Waals surface area contributed by atoms with Gasteiger partial charge in [0.15, 0.2) is 5.89 Å². The maximum Gasteiger partial charge on any atom is 0.289 e. The fourth-order valence-electron chi connectivity index (χ4n) is 3.18. The van der Waals surface area contributed by atoms with Crippen molar-refractivity contribution in [2.75, 3.05) is 6.61 Å². The number of nitrogens with one attached hydrogen (secondary N) is 1. The van der Waals surface area contributed by atoms with Crippen molar-refractivity contribution >= 4 is 5.91 Å². The smallest absolute Gasteiger partial charge is 0.289 e. The molecule has 146 valence electrons. The number of benzene rings is 2. The van der Waals surface area contributed by atoms with Gasteiger partial charge in [0, 0.05) is 13.0 Å². The summed E-state index contributed by atoms with van der Waals surface area (Å²) in [4.78, 5) is 16.5. The van der Waals surface area contributed by atoms with Gasteiger partial charge in [-0.1, -0.05) is 36.4 Å². The van der Waals surface area contributed by atoms with Gasteiger partial charge in [-0.25, -0.2) is 4.98 Å². The Morgan fingerprint density at radius 1 is 1.07 bits per heavy atom. The van der Waals surface area contributed by atoms with E-state index in [-0.39, 0.29) is 17.7 Å². The highest BCUT2D eigenvalue weighted by Crippen LogP contribution is 2.23. The van der Waals surface area contributed by atoms with Crippen LogP contribution in [-0.4, -0.2) is 23.5 Å². The highest BCUT2D eigenvalue weighted by atomic mass is 16.5. The standard InChI is InChI=1S/C23H26N2O3/c1-5-27-21-12-10-20(11-13-21)19-8-6-18(7-9-19)14-15(2)24-23(26)22-16(3)25-17(4)28-22/h6-13,15H,5,14H2,1-4H3,(H,24,26). The monoisotopic (exact) mass is 378 g/mol. The second-order valence-electron chi connectivity index (χ2n) is 6.88. The number of amides is 1. The van der Waals surface area contributed by atoms with Crippen LogP contribution in [0.25, 0.3) is 11.1 Å². The second-order valence-corrected chi connectivity index (χ2v) is 6.88. The molecule has 2 aromatic carbocycles. The average molecular weight is 378 g/mol. The average Bonchev–Trinajstić information content (AvgIpc) is 3.01. The summed E-state index contributed by atoms with van der Waals surface area (Å²) in [6, 6.07) is 16.5. The molecular formula is C23H26N2O3. The molecule has 0 aliphatic carbocycles. The van der Waals surface area contributed by atoms with E-state index in [0.29, 0.717) is 18.2 Å². The minimum atomic E-state index is -0.225. The van der Waals surface area contributed by atoms with E-state index in [9.17, 15) is 4.79 Å². The number of hydrogen-bond acceptors (Lipinski definition) is 4. The molecule has 1 N–H and O–H groups in total. The summed E-state index contributed by atoms with van der Waals surface area (Å²) in [6.45, 7) is 8.13. The first kappa shape index (κ1) is 19.7. The van der Waals surface area contributed by atoms with E-state index >= 15 is 0 Å². The lowest BCUT2D eigenvalue weighted by atomic mass is 10.0. The maximum absolute atomic E-state index is 12.3. The Morgan fingerprint density at radius 3 is 2.21 bits per heavy atom. The Labute approximate surface area is 165 Å². The normalized spacial score (nSPS) is 11.9. The molecule has 3 rings (SSSR count). The van der Waals surface area contributed by atoms with Gasteiger partial charge in [0.2, 0.25) is 5.76 Å². The van der Waals surface area contributed by atoms with Gasteiger partial charge >= 0.3 is 0 Å². The van der Waals surface area contributed by atoms with Crippen LogP contribution in [0, 0.1) is 13.8 Å². The number of nitrogens with zero attached hydrogens (tertiary/aromatic N) is 1. The first-order valence-corrected chi connectivity index (χ1v) is 9.53. The molecule has 3 aromatic rings. The number of aryl methyl sites for hydroxylation is 2. The molecule has 1 unspecified atom stereocenters. The molecule has 1 atom stereocenters. The van der Waals surface area contributed by atoms with Crippen LogP contribution in [0.15, 0.2) is 52.9 Å². The number of rotatable bonds is 7. The number of ether oxygens (including phenoxy) is 1. The molecule has 5 heteroatoms. The molecule has 0 saturated carbocycles.